The Hall–Kier alpha value is -3.35. The Balaban J connectivity index is 2.08. The molecule has 2 rings (SSSR count). The molecule has 0 aliphatic heterocycles. The second kappa shape index (κ2) is 11.0. The number of rotatable bonds is 9. The van der Waals surface area contributed by atoms with Gasteiger partial charge in [0.25, 0.3) is 11.8 Å². The fraction of sp³-hybridized carbons (Fsp3) is 0.348. The Bertz CT molecular complexity index is 892. The minimum Gasteiger partial charge on any atom is -0.493 e. The van der Waals surface area contributed by atoms with Gasteiger partial charge in [0.05, 0.1) is 19.9 Å². The molecule has 0 heterocycles. The van der Waals surface area contributed by atoms with E-state index < -0.39 is 11.9 Å². The van der Waals surface area contributed by atoms with Crippen LogP contribution in [0.2, 0.25) is 0 Å². The molecule has 0 bridgehead atoms. The van der Waals surface area contributed by atoms with Crippen molar-refractivity contribution in [1.29, 1.82) is 0 Å². The van der Waals surface area contributed by atoms with Crippen molar-refractivity contribution < 1.29 is 19.1 Å². The highest BCUT2D eigenvalue weighted by Crippen LogP contribution is 2.29. The number of para-hydroxylation sites is 1. The first-order valence-electron chi connectivity index (χ1n) is 9.87. The summed E-state index contributed by atoms with van der Waals surface area (Å²) in [5.74, 6) is 0.304. The summed E-state index contributed by atoms with van der Waals surface area (Å²) in [4.78, 5) is 25.1. The van der Waals surface area contributed by atoms with Gasteiger partial charge in [-0.1, -0.05) is 37.6 Å². The Labute approximate surface area is 177 Å². The van der Waals surface area contributed by atoms with Gasteiger partial charge < -0.3 is 14.8 Å². The molecule has 1 unspecified atom stereocenters. The smallest absolute Gasteiger partial charge is 0.262 e. The molecule has 0 fully saturated rings. The monoisotopic (exact) mass is 411 g/mol. The van der Waals surface area contributed by atoms with Crippen LogP contribution < -0.4 is 20.2 Å². The summed E-state index contributed by atoms with van der Waals surface area (Å²) in [7, 11) is 1.56. The van der Waals surface area contributed by atoms with Crippen molar-refractivity contribution in [3.8, 4) is 11.5 Å². The minimum atomic E-state index is -0.729. The third kappa shape index (κ3) is 6.07. The Morgan fingerprint density at radius 1 is 1.13 bits per heavy atom. The number of hydrogen-bond acceptors (Lipinski definition) is 5. The van der Waals surface area contributed by atoms with Gasteiger partial charge in [-0.2, -0.15) is 5.10 Å². The molecule has 7 nitrogen and oxygen atoms in total. The summed E-state index contributed by atoms with van der Waals surface area (Å²) in [6.07, 6.45) is 1.49. The number of benzene rings is 2. The van der Waals surface area contributed by atoms with E-state index >= 15 is 0 Å². The lowest BCUT2D eigenvalue weighted by atomic mass is 10.0. The van der Waals surface area contributed by atoms with Crippen LogP contribution in [-0.2, 0) is 4.79 Å². The zero-order valence-corrected chi connectivity index (χ0v) is 18.1. The molecule has 2 aromatic rings. The van der Waals surface area contributed by atoms with E-state index in [9.17, 15) is 9.59 Å². The van der Waals surface area contributed by atoms with Crippen molar-refractivity contribution in [2.75, 3.05) is 13.7 Å². The number of methoxy groups -OCH3 is 1. The maximum absolute atomic E-state index is 12.6. The van der Waals surface area contributed by atoms with Crippen LogP contribution in [0.3, 0.4) is 0 Å². The van der Waals surface area contributed by atoms with Gasteiger partial charge in [0, 0.05) is 11.1 Å². The lowest BCUT2D eigenvalue weighted by molar-refractivity contribution is -0.123. The summed E-state index contributed by atoms with van der Waals surface area (Å²) >= 11 is 0. The first-order valence-corrected chi connectivity index (χ1v) is 9.87. The summed E-state index contributed by atoms with van der Waals surface area (Å²) in [6.45, 7) is 8.01. The first kappa shape index (κ1) is 22.9. The number of ether oxygens (including phenoxy) is 2. The molecule has 2 aromatic carbocycles. The predicted octanol–water partition coefficient (Wildman–Crippen LogP) is 3.31. The number of carbonyl (C=O) groups is 2. The van der Waals surface area contributed by atoms with Crippen LogP contribution in [0.4, 0.5) is 0 Å². The van der Waals surface area contributed by atoms with Crippen molar-refractivity contribution in [2.24, 2.45) is 11.0 Å². The van der Waals surface area contributed by atoms with Crippen LogP contribution in [0.1, 0.15) is 42.3 Å². The average Bonchev–Trinajstić information content (AvgIpc) is 2.73. The molecule has 0 aliphatic carbocycles. The number of nitrogens with zero attached hydrogens (tertiary/aromatic N) is 1. The van der Waals surface area contributed by atoms with E-state index in [1.807, 2.05) is 52.0 Å². The number of hydrazone groups is 1. The van der Waals surface area contributed by atoms with E-state index in [4.69, 9.17) is 9.47 Å². The predicted molar refractivity (Wildman–Crippen MR) is 117 cm³/mol. The lowest BCUT2D eigenvalue weighted by Crippen LogP contribution is -2.48. The van der Waals surface area contributed by atoms with Crippen molar-refractivity contribution in [3.05, 3.63) is 59.2 Å². The van der Waals surface area contributed by atoms with E-state index in [1.165, 1.54) is 6.21 Å². The lowest BCUT2D eigenvalue weighted by Gasteiger charge is -2.20. The maximum Gasteiger partial charge on any atom is 0.262 e. The van der Waals surface area contributed by atoms with Gasteiger partial charge in [0.2, 0.25) is 0 Å². The van der Waals surface area contributed by atoms with Crippen LogP contribution in [0.5, 0.6) is 11.5 Å². The molecular formula is C23H29N3O4. The highest BCUT2D eigenvalue weighted by Gasteiger charge is 2.24. The van der Waals surface area contributed by atoms with E-state index in [0.29, 0.717) is 29.2 Å². The van der Waals surface area contributed by atoms with Crippen molar-refractivity contribution in [3.63, 3.8) is 0 Å². The quantitative estimate of drug-likeness (QED) is 0.489. The average molecular weight is 412 g/mol. The summed E-state index contributed by atoms with van der Waals surface area (Å²) in [5, 5.41) is 6.82. The molecule has 0 aromatic heterocycles. The van der Waals surface area contributed by atoms with Crippen LogP contribution in [0.15, 0.2) is 47.6 Å². The van der Waals surface area contributed by atoms with Crippen LogP contribution in [0, 0.1) is 12.8 Å². The van der Waals surface area contributed by atoms with Crippen LogP contribution in [-0.4, -0.2) is 37.8 Å². The largest absolute Gasteiger partial charge is 0.493 e. The van der Waals surface area contributed by atoms with Gasteiger partial charge in [-0.05, 0) is 44.0 Å². The van der Waals surface area contributed by atoms with Gasteiger partial charge in [-0.25, -0.2) is 5.43 Å². The first-order chi connectivity index (χ1) is 14.4. The molecule has 0 aliphatic rings. The molecule has 160 valence electrons. The fourth-order valence-corrected chi connectivity index (χ4v) is 2.79. The highest BCUT2D eigenvalue weighted by atomic mass is 16.5. The van der Waals surface area contributed by atoms with Crippen LogP contribution >= 0.6 is 0 Å². The molecule has 0 saturated heterocycles. The molecule has 30 heavy (non-hydrogen) atoms. The van der Waals surface area contributed by atoms with E-state index in [-0.39, 0.29) is 11.8 Å². The molecular weight excluding hydrogens is 382 g/mol. The second-order valence-corrected chi connectivity index (χ2v) is 7.11. The van der Waals surface area contributed by atoms with Crippen LogP contribution in [0.25, 0.3) is 0 Å². The molecule has 1 atom stereocenters. The molecule has 2 N–H and O–H groups in total. The normalized spacial score (nSPS) is 11.9. The fourth-order valence-electron chi connectivity index (χ4n) is 2.79. The SMILES string of the molecule is CCOc1c(/C=N/NC(=O)C(NC(=O)c2ccc(C)cc2)C(C)C)cccc1OC. The standard InChI is InChI=1S/C23H29N3O4/c1-6-30-21-18(8-7-9-19(21)29-5)14-24-26-23(28)20(15(2)3)25-22(27)17-12-10-16(4)11-13-17/h7-15,20H,6H2,1-5H3,(H,25,27)(H,26,28)/b24-14+. The highest BCUT2D eigenvalue weighted by molar-refractivity contribution is 5.97. The number of aryl methyl sites for hydroxylation is 1. The molecule has 2 amide bonds. The molecule has 0 radical (unpaired) electrons. The van der Waals surface area contributed by atoms with Gasteiger partial charge >= 0.3 is 0 Å². The zero-order valence-electron chi connectivity index (χ0n) is 18.1. The number of carbonyl (C=O) groups excluding carboxylic acids is 2. The summed E-state index contributed by atoms with van der Waals surface area (Å²) in [5.41, 5.74) is 4.73. The number of hydrogen-bond donors (Lipinski definition) is 2. The van der Waals surface area contributed by atoms with Crippen molar-refractivity contribution in [1.82, 2.24) is 10.7 Å². The molecule has 0 saturated carbocycles. The van der Waals surface area contributed by atoms with Gasteiger partial charge in [0.15, 0.2) is 11.5 Å². The van der Waals surface area contributed by atoms with E-state index in [1.54, 1.807) is 25.3 Å². The maximum atomic E-state index is 12.6. The Morgan fingerprint density at radius 2 is 1.83 bits per heavy atom. The zero-order chi connectivity index (χ0) is 22.1. The Morgan fingerprint density at radius 3 is 2.43 bits per heavy atom. The second-order valence-electron chi connectivity index (χ2n) is 7.11. The van der Waals surface area contributed by atoms with Crippen molar-refractivity contribution >= 4 is 18.0 Å². The topological polar surface area (TPSA) is 89.0 Å². The van der Waals surface area contributed by atoms with Gasteiger partial charge in [0.1, 0.15) is 6.04 Å². The molecule has 0 spiro atoms. The third-order valence-electron chi connectivity index (χ3n) is 4.45. The summed E-state index contributed by atoms with van der Waals surface area (Å²) in [6, 6.07) is 11.8. The number of amides is 2. The van der Waals surface area contributed by atoms with E-state index in [0.717, 1.165) is 5.56 Å². The Kier molecular flexibility index (Phi) is 8.41. The molecule has 7 heteroatoms. The van der Waals surface area contributed by atoms with Crippen molar-refractivity contribution in [2.45, 2.75) is 33.7 Å². The third-order valence-corrected chi connectivity index (χ3v) is 4.45. The van der Waals surface area contributed by atoms with Gasteiger partial charge in [-0.3, -0.25) is 9.59 Å². The summed E-state index contributed by atoms with van der Waals surface area (Å²) < 4.78 is 10.9. The van der Waals surface area contributed by atoms with Gasteiger partial charge in [-0.15, -0.1) is 0 Å². The minimum absolute atomic E-state index is 0.120. The van der Waals surface area contributed by atoms with E-state index in [2.05, 4.69) is 15.8 Å². The number of nitrogens with one attached hydrogen (secondary N) is 2.